The van der Waals surface area contributed by atoms with Gasteiger partial charge in [0.2, 0.25) is 0 Å². The summed E-state index contributed by atoms with van der Waals surface area (Å²) in [5, 5.41) is 4.83. The summed E-state index contributed by atoms with van der Waals surface area (Å²) in [6, 6.07) is 19.5. The Morgan fingerprint density at radius 3 is 2.76 bits per heavy atom. The first-order chi connectivity index (χ1) is 14.0. The Bertz CT molecular complexity index is 1120. The van der Waals surface area contributed by atoms with E-state index in [0.29, 0.717) is 11.3 Å². The van der Waals surface area contributed by atoms with Gasteiger partial charge in [0.15, 0.2) is 11.5 Å². The lowest BCUT2D eigenvalue weighted by atomic mass is 10.0. The first kappa shape index (κ1) is 18.9. The minimum atomic E-state index is -0.209. The number of ether oxygens (including phenoxy) is 2. The van der Waals surface area contributed by atoms with Gasteiger partial charge in [0, 0.05) is 17.5 Å². The predicted molar refractivity (Wildman–Crippen MR) is 114 cm³/mol. The number of rotatable bonds is 4. The van der Waals surface area contributed by atoms with E-state index in [-0.39, 0.29) is 24.7 Å². The number of para-hydroxylation sites is 1. The summed E-state index contributed by atoms with van der Waals surface area (Å²) in [6.45, 7) is 4.64. The fourth-order valence-electron chi connectivity index (χ4n) is 3.57. The van der Waals surface area contributed by atoms with Gasteiger partial charge in [-0.25, -0.2) is 0 Å². The maximum atomic E-state index is 12.5. The zero-order chi connectivity index (χ0) is 20.3. The normalized spacial score (nSPS) is 13.7. The summed E-state index contributed by atoms with van der Waals surface area (Å²) in [5.41, 5.74) is 1.60. The van der Waals surface area contributed by atoms with Crippen molar-refractivity contribution in [3.8, 4) is 23.3 Å². The van der Waals surface area contributed by atoms with Gasteiger partial charge in [-0.15, -0.1) is 0 Å². The fraction of sp³-hybridized carbons (Fsp3) is 0.240. The monoisotopic (exact) mass is 385 g/mol. The third-order valence-corrected chi connectivity index (χ3v) is 4.85. The highest BCUT2D eigenvalue weighted by Gasteiger charge is 2.32. The van der Waals surface area contributed by atoms with Crippen molar-refractivity contribution in [3.05, 3.63) is 71.8 Å². The second kappa shape index (κ2) is 7.89. The van der Waals surface area contributed by atoms with E-state index >= 15 is 0 Å². The SMILES string of the molecule is CC1(C)Cc2cccc(OCC#CCNC(=O)c3cccc4ccccc34)c2O1. The van der Waals surface area contributed by atoms with Crippen molar-refractivity contribution < 1.29 is 14.3 Å². The average Bonchev–Trinajstić information content (AvgIpc) is 3.04. The molecule has 3 aromatic carbocycles. The zero-order valence-corrected chi connectivity index (χ0v) is 16.6. The van der Waals surface area contributed by atoms with E-state index < -0.39 is 0 Å². The molecule has 4 rings (SSSR count). The van der Waals surface area contributed by atoms with E-state index in [0.717, 1.165) is 28.5 Å². The van der Waals surface area contributed by atoms with Gasteiger partial charge in [-0.2, -0.15) is 0 Å². The molecule has 0 aliphatic carbocycles. The van der Waals surface area contributed by atoms with E-state index in [1.54, 1.807) is 0 Å². The summed E-state index contributed by atoms with van der Waals surface area (Å²) >= 11 is 0. The van der Waals surface area contributed by atoms with Crippen molar-refractivity contribution in [3.63, 3.8) is 0 Å². The van der Waals surface area contributed by atoms with Crippen LogP contribution in [0.4, 0.5) is 0 Å². The first-order valence-electron chi connectivity index (χ1n) is 9.69. The van der Waals surface area contributed by atoms with Crippen molar-refractivity contribution in [2.24, 2.45) is 0 Å². The van der Waals surface area contributed by atoms with Crippen LogP contribution in [0.25, 0.3) is 10.8 Å². The molecule has 0 saturated carbocycles. The molecule has 1 aliphatic rings. The molecule has 146 valence electrons. The van der Waals surface area contributed by atoms with Crippen LogP contribution in [-0.2, 0) is 6.42 Å². The van der Waals surface area contributed by atoms with E-state index in [2.05, 4.69) is 37.1 Å². The third kappa shape index (κ3) is 4.20. The second-order valence-corrected chi connectivity index (χ2v) is 7.63. The van der Waals surface area contributed by atoms with E-state index in [1.807, 2.05) is 54.6 Å². The average molecular weight is 385 g/mol. The number of hydrogen-bond donors (Lipinski definition) is 1. The van der Waals surface area contributed by atoms with Gasteiger partial charge < -0.3 is 14.8 Å². The molecule has 4 nitrogen and oxygen atoms in total. The number of carbonyl (C=O) groups excluding carboxylic acids is 1. The molecule has 1 amide bonds. The predicted octanol–water partition coefficient (Wildman–Crippen LogP) is 4.37. The van der Waals surface area contributed by atoms with Gasteiger partial charge in [0.1, 0.15) is 12.2 Å². The van der Waals surface area contributed by atoms with Gasteiger partial charge in [-0.1, -0.05) is 60.4 Å². The molecular formula is C25H23NO3. The highest BCUT2D eigenvalue weighted by atomic mass is 16.5. The largest absolute Gasteiger partial charge is 0.483 e. The highest BCUT2D eigenvalue weighted by Crippen LogP contribution is 2.41. The summed E-state index contributed by atoms with van der Waals surface area (Å²) in [6.07, 6.45) is 0.866. The minimum absolute atomic E-state index is 0.131. The fourth-order valence-corrected chi connectivity index (χ4v) is 3.57. The van der Waals surface area contributed by atoms with Gasteiger partial charge >= 0.3 is 0 Å². The summed E-state index contributed by atoms with van der Waals surface area (Å²) in [5.74, 6) is 7.28. The molecule has 0 aromatic heterocycles. The molecule has 0 radical (unpaired) electrons. The Hall–Kier alpha value is -3.45. The lowest BCUT2D eigenvalue weighted by molar-refractivity contribution is 0.0960. The molecule has 1 aliphatic heterocycles. The third-order valence-electron chi connectivity index (χ3n) is 4.85. The molecule has 0 unspecified atom stereocenters. The van der Waals surface area contributed by atoms with E-state index in [9.17, 15) is 4.79 Å². The lowest BCUT2D eigenvalue weighted by Gasteiger charge is -2.17. The first-order valence-corrected chi connectivity index (χ1v) is 9.69. The number of carbonyl (C=O) groups is 1. The Morgan fingerprint density at radius 2 is 1.86 bits per heavy atom. The van der Waals surface area contributed by atoms with Crippen LogP contribution < -0.4 is 14.8 Å². The molecule has 4 heteroatoms. The maximum absolute atomic E-state index is 12.5. The quantitative estimate of drug-likeness (QED) is 0.679. The highest BCUT2D eigenvalue weighted by molar-refractivity contribution is 6.07. The topological polar surface area (TPSA) is 47.6 Å². The summed E-state index contributed by atoms with van der Waals surface area (Å²) < 4.78 is 11.8. The molecule has 0 fully saturated rings. The maximum Gasteiger partial charge on any atom is 0.252 e. The van der Waals surface area contributed by atoms with Gasteiger partial charge in [0.25, 0.3) is 5.91 Å². The number of benzene rings is 3. The van der Waals surface area contributed by atoms with Crippen molar-refractivity contribution >= 4 is 16.7 Å². The van der Waals surface area contributed by atoms with Crippen LogP contribution in [0.2, 0.25) is 0 Å². The molecule has 1 heterocycles. The van der Waals surface area contributed by atoms with Crippen LogP contribution >= 0.6 is 0 Å². The standard InChI is InChI=1S/C25H23NO3/c1-25(2)17-19-11-8-14-22(23(19)29-25)28-16-6-5-15-26-24(27)21-13-7-10-18-9-3-4-12-20(18)21/h3-4,7-14H,15-17H2,1-2H3,(H,26,27). The Kier molecular flexibility index (Phi) is 5.14. The smallest absolute Gasteiger partial charge is 0.252 e. The van der Waals surface area contributed by atoms with Crippen molar-refractivity contribution in [2.75, 3.05) is 13.2 Å². The van der Waals surface area contributed by atoms with E-state index in [4.69, 9.17) is 9.47 Å². The molecule has 0 bridgehead atoms. The second-order valence-electron chi connectivity index (χ2n) is 7.63. The Labute approximate surface area is 170 Å². The van der Waals surface area contributed by atoms with Crippen LogP contribution in [-0.4, -0.2) is 24.7 Å². The number of fused-ring (bicyclic) bond motifs is 2. The summed E-state index contributed by atoms with van der Waals surface area (Å²) in [4.78, 5) is 12.5. The molecule has 0 spiro atoms. The molecule has 29 heavy (non-hydrogen) atoms. The van der Waals surface area contributed by atoms with Crippen LogP contribution in [0.3, 0.4) is 0 Å². The van der Waals surface area contributed by atoms with Crippen LogP contribution in [0, 0.1) is 11.8 Å². The van der Waals surface area contributed by atoms with Gasteiger partial charge in [-0.3, -0.25) is 4.79 Å². The Morgan fingerprint density at radius 1 is 1.07 bits per heavy atom. The molecule has 0 saturated heterocycles. The van der Waals surface area contributed by atoms with Crippen LogP contribution in [0.5, 0.6) is 11.5 Å². The molecule has 0 atom stereocenters. The molecule has 1 N–H and O–H groups in total. The zero-order valence-electron chi connectivity index (χ0n) is 16.6. The number of amides is 1. The lowest BCUT2D eigenvalue weighted by Crippen LogP contribution is -2.24. The van der Waals surface area contributed by atoms with Crippen LogP contribution in [0.15, 0.2) is 60.7 Å². The summed E-state index contributed by atoms with van der Waals surface area (Å²) in [7, 11) is 0. The van der Waals surface area contributed by atoms with Crippen molar-refractivity contribution in [1.82, 2.24) is 5.32 Å². The number of nitrogens with one attached hydrogen (secondary N) is 1. The molecular weight excluding hydrogens is 362 g/mol. The Balaban J connectivity index is 1.32. The van der Waals surface area contributed by atoms with E-state index in [1.165, 1.54) is 0 Å². The van der Waals surface area contributed by atoms with Gasteiger partial charge in [-0.05, 0) is 36.8 Å². The van der Waals surface area contributed by atoms with Crippen molar-refractivity contribution in [1.29, 1.82) is 0 Å². The number of hydrogen-bond acceptors (Lipinski definition) is 3. The molecule has 3 aromatic rings. The van der Waals surface area contributed by atoms with Gasteiger partial charge in [0.05, 0.1) is 6.54 Å². The van der Waals surface area contributed by atoms with Crippen molar-refractivity contribution in [2.45, 2.75) is 25.9 Å². The van der Waals surface area contributed by atoms with Crippen LogP contribution in [0.1, 0.15) is 29.8 Å². The minimum Gasteiger partial charge on any atom is -0.483 e.